The summed E-state index contributed by atoms with van der Waals surface area (Å²) in [6, 6.07) is 13.8. The van der Waals surface area contributed by atoms with Crippen molar-refractivity contribution in [1.29, 1.82) is 0 Å². The molecular weight excluding hydrogens is 252 g/mol. The molecule has 98 valence electrons. The Morgan fingerprint density at radius 3 is 1.35 bits per heavy atom. The summed E-state index contributed by atoms with van der Waals surface area (Å²) in [7, 11) is 0. The van der Waals surface area contributed by atoms with Crippen LogP contribution in [0, 0.1) is 0 Å². The van der Waals surface area contributed by atoms with E-state index in [0.29, 0.717) is 22.8 Å². The number of anilines is 2. The van der Waals surface area contributed by atoms with Gasteiger partial charge in [0.25, 0.3) is 0 Å². The number of amides is 2. The molecule has 0 saturated heterocycles. The van der Waals surface area contributed by atoms with Gasteiger partial charge < -0.3 is 11.5 Å². The van der Waals surface area contributed by atoms with Crippen molar-refractivity contribution in [1.82, 2.24) is 0 Å². The largest absolute Gasteiger partial charge is 0.399 e. The molecule has 5 heteroatoms. The normalized spacial score (nSPS) is 14.1. The van der Waals surface area contributed by atoms with Crippen LogP contribution in [0.3, 0.4) is 0 Å². The van der Waals surface area contributed by atoms with Crippen LogP contribution < -0.4 is 11.5 Å². The number of carbonyl (C=O) groups is 1. The Morgan fingerprint density at radius 1 is 0.650 bits per heavy atom. The van der Waals surface area contributed by atoms with E-state index in [2.05, 4.69) is 9.98 Å². The van der Waals surface area contributed by atoms with Crippen LogP contribution in [0.15, 0.2) is 58.5 Å². The topological polar surface area (TPSA) is 93.8 Å². The van der Waals surface area contributed by atoms with Gasteiger partial charge in [-0.05, 0) is 24.3 Å². The predicted octanol–water partition coefficient (Wildman–Crippen LogP) is 2.26. The second-order valence-electron chi connectivity index (χ2n) is 4.45. The zero-order valence-electron chi connectivity index (χ0n) is 10.6. The van der Waals surface area contributed by atoms with E-state index in [9.17, 15) is 4.79 Å². The van der Waals surface area contributed by atoms with Crippen LogP contribution in [0.25, 0.3) is 0 Å². The lowest BCUT2D eigenvalue weighted by molar-refractivity contribution is 0.257. The first kappa shape index (κ1) is 12.1. The zero-order valence-corrected chi connectivity index (χ0v) is 10.6. The summed E-state index contributed by atoms with van der Waals surface area (Å²) in [5.74, 6) is 0. The maximum Gasteiger partial charge on any atom is 0.368 e. The van der Waals surface area contributed by atoms with E-state index in [1.807, 2.05) is 24.3 Å². The van der Waals surface area contributed by atoms with E-state index in [-0.39, 0.29) is 0 Å². The van der Waals surface area contributed by atoms with Gasteiger partial charge in [-0.15, -0.1) is 0 Å². The summed E-state index contributed by atoms with van der Waals surface area (Å²) < 4.78 is 0. The third kappa shape index (κ3) is 2.16. The van der Waals surface area contributed by atoms with E-state index in [1.165, 1.54) is 0 Å². The van der Waals surface area contributed by atoms with Crippen molar-refractivity contribution >= 4 is 28.8 Å². The third-order valence-electron chi connectivity index (χ3n) is 3.01. The number of benzene rings is 2. The van der Waals surface area contributed by atoms with Crippen LogP contribution in [0.2, 0.25) is 0 Å². The molecule has 2 aromatic carbocycles. The highest BCUT2D eigenvalue weighted by Gasteiger charge is 2.22. The number of carbonyl (C=O) groups excluding carboxylic acids is 1. The van der Waals surface area contributed by atoms with Gasteiger partial charge in [0.2, 0.25) is 0 Å². The molecule has 0 atom stereocenters. The summed E-state index contributed by atoms with van der Waals surface area (Å²) in [4.78, 5) is 19.5. The highest BCUT2D eigenvalue weighted by atomic mass is 16.2. The minimum atomic E-state index is -0.497. The van der Waals surface area contributed by atoms with Gasteiger partial charge in [-0.3, -0.25) is 0 Å². The van der Waals surface area contributed by atoms with Crippen molar-refractivity contribution in [3.63, 3.8) is 0 Å². The number of hydrogen-bond donors (Lipinski definition) is 2. The van der Waals surface area contributed by atoms with Gasteiger partial charge in [-0.25, -0.2) is 4.79 Å². The summed E-state index contributed by atoms with van der Waals surface area (Å²) in [6.45, 7) is 0. The van der Waals surface area contributed by atoms with Crippen molar-refractivity contribution in [2.24, 2.45) is 9.98 Å². The van der Waals surface area contributed by atoms with E-state index in [0.717, 1.165) is 11.1 Å². The molecule has 0 aliphatic carbocycles. The van der Waals surface area contributed by atoms with Gasteiger partial charge in [-0.2, -0.15) is 9.98 Å². The molecule has 1 aliphatic rings. The number of nitrogen functional groups attached to an aromatic ring is 2. The monoisotopic (exact) mass is 264 g/mol. The summed E-state index contributed by atoms with van der Waals surface area (Å²) >= 11 is 0. The van der Waals surface area contributed by atoms with Gasteiger partial charge >= 0.3 is 6.03 Å². The average Bonchev–Trinajstić information content (AvgIpc) is 2.82. The second-order valence-corrected chi connectivity index (χ2v) is 4.45. The molecule has 2 amide bonds. The molecule has 2 aromatic rings. The van der Waals surface area contributed by atoms with Gasteiger partial charge in [0.15, 0.2) is 0 Å². The van der Waals surface area contributed by atoms with Crippen molar-refractivity contribution in [2.45, 2.75) is 0 Å². The van der Waals surface area contributed by atoms with Crippen molar-refractivity contribution in [3.8, 4) is 0 Å². The molecule has 3 rings (SSSR count). The Balaban J connectivity index is 2.04. The van der Waals surface area contributed by atoms with Gasteiger partial charge in [0.1, 0.15) is 11.4 Å². The molecule has 5 nitrogen and oxygen atoms in total. The Morgan fingerprint density at radius 2 is 1.00 bits per heavy atom. The SMILES string of the molecule is Nc1ccc(C2=NC(=O)N=C2c2ccc(N)cc2)cc1. The maximum atomic E-state index is 11.5. The average molecular weight is 264 g/mol. The van der Waals surface area contributed by atoms with Crippen molar-refractivity contribution in [3.05, 3.63) is 59.7 Å². The minimum absolute atomic E-state index is 0.497. The van der Waals surface area contributed by atoms with Crippen LogP contribution in [0.1, 0.15) is 11.1 Å². The number of aliphatic imine (C=N–C) groups is 2. The third-order valence-corrected chi connectivity index (χ3v) is 3.01. The van der Waals surface area contributed by atoms with Crippen LogP contribution in [-0.2, 0) is 0 Å². The lowest BCUT2D eigenvalue weighted by atomic mass is 10.00. The van der Waals surface area contributed by atoms with Crippen LogP contribution in [0.4, 0.5) is 16.2 Å². The number of rotatable bonds is 2. The van der Waals surface area contributed by atoms with E-state index in [1.54, 1.807) is 24.3 Å². The first-order valence-corrected chi connectivity index (χ1v) is 6.07. The second kappa shape index (κ2) is 4.62. The molecule has 1 heterocycles. The maximum absolute atomic E-state index is 11.5. The molecule has 0 saturated carbocycles. The van der Waals surface area contributed by atoms with Gasteiger partial charge in [-0.1, -0.05) is 24.3 Å². The van der Waals surface area contributed by atoms with E-state index in [4.69, 9.17) is 11.5 Å². The summed E-state index contributed by atoms with van der Waals surface area (Å²) in [6.07, 6.45) is 0. The summed E-state index contributed by atoms with van der Waals surface area (Å²) in [5.41, 5.74) is 15.4. The molecule has 0 spiro atoms. The zero-order chi connectivity index (χ0) is 14.1. The smallest absolute Gasteiger partial charge is 0.368 e. The van der Waals surface area contributed by atoms with Crippen molar-refractivity contribution < 1.29 is 4.79 Å². The Labute approximate surface area is 115 Å². The molecule has 20 heavy (non-hydrogen) atoms. The molecule has 1 aliphatic heterocycles. The van der Waals surface area contributed by atoms with Crippen LogP contribution in [0.5, 0.6) is 0 Å². The first-order chi connectivity index (χ1) is 9.63. The lowest BCUT2D eigenvalue weighted by Crippen LogP contribution is -2.14. The number of hydrogen-bond acceptors (Lipinski definition) is 3. The van der Waals surface area contributed by atoms with Crippen LogP contribution >= 0.6 is 0 Å². The number of urea groups is 1. The Bertz CT molecular complexity index is 664. The molecule has 0 fully saturated rings. The Hall–Kier alpha value is -2.95. The van der Waals surface area contributed by atoms with E-state index < -0.39 is 6.03 Å². The fourth-order valence-electron chi connectivity index (χ4n) is 2.01. The molecule has 0 aromatic heterocycles. The summed E-state index contributed by atoms with van der Waals surface area (Å²) in [5, 5.41) is 0. The van der Waals surface area contributed by atoms with Crippen LogP contribution in [-0.4, -0.2) is 17.5 Å². The number of nitrogens with two attached hydrogens (primary N) is 2. The molecular formula is C15H12N4O. The van der Waals surface area contributed by atoms with Gasteiger partial charge in [0.05, 0.1) is 0 Å². The lowest BCUT2D eigenvalue weighted by Gasteiger charge is -2.06. The predicted molar refractivity (Wildman–Crippen MR) is 80.2 cm³/mol. The fraction of sp³-hybridized carbons (Fsp3) is 0. The van der Waals surface area contributed by atoms with Gasteiger partial charge in [0, 0.05) is 22.5 Å². The number of nitrogens with zero attached hydrogens (tertiary/aromatic N) is 2. The standard InChI is InChI=1S/C15H12N4O/c16-11-5-1-9(2-6-11)13-14(19-15(20)18-13)10-3-7-12(17)8-4-10/h1-8H,16-17H2. The first-order valence-electron chi connectivity index (χ1n) is 6.07. The Kier molecular flexibility index (Phi) is 2.80. The van der Waals surface area contributed by atoms with Crippen molar-refractivity contribution in [2.75, 3.05) is 11.5 Å². The minimum Gasteiger partial charge on any atom is -0.399 e. The molecule has 0 bridgehead atoms. The molecule has 4 N–H and O–H groups in total. The molecule has 0 unspecified atom stereocenters. The molecule has 0 radical (unpaired) electrons. The quantitative estimate of drug-likeness (QED) is 0.814. The highest BCUT2D eigenvalue weighted by molar-refractivity contribution is 6.57. The fourth-order valence-corrected chi connectivity index (χ4v) is 2.01. The van der Waals surface area contributed by atoms with E-state index >= 15 is 0 Å². The highest BCUT2D eigenvalue weighted by Crippen LogP contribution is 2.17.